The average molecular weight is 414 g/mol. The fourth-order valence-corrected chi connectivity index (χ4v) is 2.83. The van der Waals surface area contributed by atoms with E-state index in [0.29, 0.717) is 11.2 Å². The number of carbonyl (C=O) groups excluding carboxylic acids is 1. The number of para-hydroxylation sites is 1. The van der Waals surface area contributed by atoms with Gasteiger partial charge in [0, 0.05) is 11.1 Å². The van der Waals surface area contributed by atoms with E-state index in [2.05, 4.69) is 20.2 Å². The lowest BCUT2D eigenvalue weighted by molar-refractivity contribution is -0.274. The molecular weight excluding hydrogens is 401 g/mol. The molecule has 2 aromatic carbocycles. The molecule has 10 heteroatoms. The van der Waals surface area contributed by atoms with Gasteiger partial charge in [-0.2, -0.15) is 0 Å². The summed E-state index contributed by atoms with van der Waals surface area (Å²) in [5.41, 5.74) is 7.20. The van der Waals surface area contributed by atoms with E-state index in [1.54, 1.807) is 6.07 Å². The molecular formula is C20H13F3N4O3. The zero-order chi connectivity index (χ0) is 21.3. The maximum atomic E-state index is 12.7. The molecule has 30 heavy (non-hydrogen) atoms. The molecule has 7 nitrogen and oxygen atoms in total. The Morgan fingerprint density at radius 3 is 2.50 bits per heavy atom. The molecule has 4 aromatic rings. The summed E-state index contributed by atoms with van der Waals surface area (Å²) in [7, 11) is 0. The monoisotopic (exact) mass is 414 g/mol. The minimum absolute atomic E-state index is 0.0339. The van der Waals surface area contributed by atoms with Crippen LogP contribution < -0.4 is 15.8 Å². The third kappa shape index (κ3) is 4.02. The highest BCUT2D eigenvalue weighted by Gasteiger charge is 2.31. The fourth-order valence-electron chi connectivity index (χ4n) is 2.83. The molecule has 0 aliphatic carbocycles. The van der Waals surface area contributed by atoms with Crippen molar-refractivity contribution in [1.82, 2.24) is 10.1 Å². The number of hydrogen-bond donors (Lipinski definition) is 2. The molecule has 0 atom stereocenters. The molecule has 0 spiro atoms. The Kier molecular flexibility index (Phi) is 4.74. The first-order chi connectivity index (χ1) is 14.3. The highest BCUT2D eigenvalue weighted by atomic mass is 19.4. The zero-order valence-electron chi connectivity index (χ0n) is 15.1. The molecule has 0 aliphatic rings. The first kappa shape index (κ1) is 19.2. The van der Waals surface area contributed by atoms with Gasteiger partial charge in [-0.25, -0.2) is 4.98 Å². The number of hydrogen-bond acceptors (Lipinski definition) is 6. The Hall–Kier alpha value is -4.08. The van der Waals surface area contributed by atoms with Gasteiger partial charge in [-0.15, -0.1) is 13.2 Å². The number of fused-ring (bicyclic) bond motifs is 1. The SMILES string of the molecule is Nc1onc(-c2ccc3ccccc3n2)c1C(=O)Nc1ccc(OC(F)(F)F)cc1. The number of ether oxygens (including phenoxy) is 1. The molecule has 0 radical (unpaired) electrons. The number of nitrogens with zero attached hydrogens (tertiary/aromatic N) is 2. The van der Waals surface area contributed by atoms with Crippen LogP contribution in [0.15, 0.2) is 65.2 Å². The van der Waals surface area contributed by atoms with Gasteiger partial charge in [0.2, 0.25) is 5.88 Å². The minimum Gasteiger partial charge on any atom is -0.406 e. The van der Waals surface area contributed by atoms with Crippen molar-refractivity contribution < 1.29 is 27.2 Å². The van der Waals surface area contributed by atoms with E-state index < -0.39 is 18.0 Å². The Labute approximate surface area is 167 Å². The maximum Gasteiger partial charge on any atom is 0.573 e. The van der Waals surface area contributed by atoms with Gasteiger partial charge >= 0.3 is 6.36 Å². The second kappa shape index (κ2) is 7.39. The molecule has 2 heterocycles. The summed E-state index contributed by atoms with van der Waals surface area (Å²) >= 11 is 0. The Balaban J connectivity index is 1.60. The van der Waals surface area contributed by atoms with Gasteiger partial charge in [-0.1, -0.05) is 29.4 Å². The topological polar surface area (TPSA) is 103 Å². The number of carbonyl (C=O) groups is 1. The summed E-state index contributed by atoms with van der Waals surface area (Å²) in [4.78, 5) is 17.2. The van der Waals surface area contributed by atoms with Crippen LogP contribution in [0.1, 0.15) is 10.4 Å². The number of aromatic nitrogens is 2. The van der Waals surface area contributed by atoms with E-state index in [1.807, 2.05) is 30.3 Å². The molecule has 152 valence electrons. The van der Waals surface area contributed by atoms with Crippen molar-refractivity contribution in [3.05, 3.63) is 66.2 Å². The van der Waals surface area contributed by atoms with E-state index in [9.17, 15) is 18.0 Å². The Bertz CT molecular complexity index is 1220. The lowest BCUT2D eigenvalue weighted by atomic mass is 10.1. The summed E-state index contributed by atoms with van der Waals surface area (Å²) < 4.78 is 45.5. The predicted octanol–water partition coefficient (Wildman–Crippen LogP) is 4.62. The summed E-state index contributed by atoms with van der Waals surface area (Å²) in [5.74, 6) is -1.27. The van der Waals surface area contributed by atoms with E-state index >= 15 is 0 Å². The molecule has 0 aliphatic heterocycles. The second-order valence-electron chi connectivity index (χ2n) is 6.19. The summed E-state index contributed by atoms with van der Waals surface area (Å²) in [6.07, 6.45) is -4.80. The van der Waals surface area contributed by atoms with Gasteiger partial charge in [0.25, 0.3) is 5.91 Å². The van der Waals surface area contributed by atoms with Crippen molar-refractivity contribution in [3.63, 3.8) is 0 Å². The summed E-state index contributed by atoms with van der Waals surface area (Å²) in [6.45, 7) is 0. The normalized spacial score (nSPS) is 11.4. The van der Waals surface area contributed by atoms with Gasteiger partial charge in [-0.3, -0.25) is 4.79 Å². The van der Waals surface area contributed by atoms with Crippen molar-refractivity contribution in [2.45, 2.75) is 6.36 Å². The standard InChI is InChI=1S/C20H13F3N4O3/c21-20(22,23)29-13-8-6-12(7-9-13)25-19(28)16-17(27-30-18(16)24)15-10-5-11-3-1-2-4-14(11)26-15/h1-10H,24H2,(H,25,28). The quantitative estimate of drug-likeness (QED) is 0.505. The number of nitrogen functional groups attached to an aromatic ring is 1. The number of pyridine rings is 1. The van der Waals surface area contributed by atoms with E-state index in [0.717, 1.165) is 17.5 Å². The number of halogens is 3. The van der Waals surface area contributed by atoms with Crippen LogP contribution in [-0.2, 0) is 0 Å². The number of benzene rings is 2. The summed E-state index contributed by atoms with van der Waals surface area (Å²) in [6, 6.07) is 15.6. The predicted molar refractivity (Wildman–Crippen MR) is 103 cm³/mol. The molecule has 0 fully saturated rings. The van der Waals surface area contributed by atoms with Gasteiger partial charge < -0.3 is 20.3 Å². The highest BCUT2D eigenvalue weighted by molar-refractivity contribution is 6.10. The van der Waals surface area contributed by atoms with Gasteiger partial charge in [0.15, 0.2) is 0 Å². The Morgan fingerprint density at radius 2 is 1.77 bits per heavy atom. The van der Waals surface area contributed by atoms with Crippen LogP contribution in [0.2, 0.25) is 0 Å². The van der Waals surface area contributed by atoms with Crippen LogP contribution in [0.25, 0.3) is 22.3 Å². The average Bonchev–Trinajstić information content (AvgIpc) is 3.09. The lowest BCUT2D eigenvalue weighted by Crippen LogP contribution is -2.17. The Morgan fingerprint density at radius 1 is 1.03 bits per heavy atom. The van der Waals surface area contributed by atoms with Crippen LogP contribution >= 0.6 is 0 Å². The molecule has 0 saturated heterocycles. The first-order valence-corrected chi connectivity index (χ1v) is 8.58. The molecule has 1 amide bonds. The van der Waals surface area contributed by atoms with Crippen LogP contribution in [0.4, 0.5) is 24.7 Å². The third-order valence-corrected chi connectivity index (χ3v) is 4.13. The van der Waals surface area contributed by atoms with Crippen molar-refractivity contribution >= 4 is 28.4 Å². The molecule has 0 saturated carbocycles. The summed E-state index contributed by atoms with van der Waals surface area (Å²) in [5, 5.41) is 7.29. The van der Waals surface area contributed by atoms with E-state index in [1.165, 1.54) is 12.1 Å². The second-order valence-corrected chi connectivity index (χ2v) is 6.19. The third-order valence-electron chi connectivity index (χ3n) is 4.13. The van der Waals surface area contributed by atoms with Crippen molar-refractivity contribution in [1.29, 1.82) is 0 Å². The van der Waals surface area contributed by atoms with Crippen molar-refractivity contribution in [3.8, 4) is 17.1 Å². The van der Waals surface area contributed by atoms with Crippen LogP contribution in [-0.4, -0.2) is 22.4 Å². The minimum atomic E-state index is -4.80. The number of alkyl halides is 3. The molecule has 2 aromatic heterocycles. The largest absolute Gasteiger partial charge is 0.573 e. The van der Waals surface area contributed by atoms with E-state index in [-0.39, 0.29) is 22.8 Å². The smallest absolute Gasteiger partial charge is 0.406 e. The van der Waals surface area contributed by atoms with Crippen LogP contribution in [0, 0.1) is 0 Å². The molecule has 3 N–H and O–H groups in total. The van der Waals surface area contributed by atoms with E-state index in [4.69, 9.17) is 10.3 Å². The molecule has 0 unspecified atom stereocenters. The van der Waals surface area contributed by atoms with Gasteiger partial charge in [0.05, 0.1) is 11.2 Å². The molecule has 0 bridgehead atoms. The van der Waals surface area contributed by atoms with Crippen LogP contribution in [0.3, 0.4) is 0 Å². The number of nitrogens with two attached hydrogens (primary N) is 1. The lowest BCUT2D eigenvalue weighted by Gasteiger charge is -2.10. The van der Waals surface area contributed by atoms with Crippen molar-refractivity contribution in [2.24, 2.45) is 0 Å². The number of amides is 1. The van der Waals surface area contributed by atoms with Gasteiger partial charge in [-0.05, 0) is 36.4 Å². The first-order valence-electron chi connectivity index (χ1n) is 8.58. The number of nitrogens with one attached hydrogen (secondary N) is 1. The maximum absolute atomic E-state index is 12.7. The number of rotatable bonds is 4. The number of anilines is 2. The molecule has 4 rings (SSSR count). The highest BCUT2D eigenvalue weighted by Crippen LogP contribution is 2.29. The van der Waals surface area contributed by atoms with Gasteiger partial charge in [0.1, 0.15) is 17.0 Å². The van der Waals surface area contributed by atoms with Crippen molar-refractivity contribution in [2.75, 3.05) is 11.1 Å². The fraction of sp³-hybridized carbons (Fsp3) is 0.0500. The zero-order valence-corrected chi connectivity index (χ0v) is 15.1. The van der Waals surface area contributed by atoms with Crippen LogP contribution in [0.5, 0.6) is 5.75 Å².